The molecule has 0 bridgehead atoms. The number of rotatable bonds is 6. The Kier molecular flexibility index (Phi) is 5.71. The molecule has 4 rings (SSSR count). The van der Waals surface area contributed by atoms with E-state index in [0.29, 0.717) is 16.7 Å². The second kappa shape index (κ2) is 8.44. The van der Waals surface area contributed by atoms with Crippen molar-refractivity contribution in [3.8, 4) is 5.75 Å². The van der Waals surface area contributed by atoms with E-state index in [-0.39, 0.29) is 27.8 Å². The molecule has 0 saturated carbocycles. The molecule has 0 aliphatic heterocycles. The molecule has 4 aromatic rings. The molecule has 2 aromatic heterocycles. The molecule has 2 aromatic carbocycles. The van der Waals surface area contributed by atoms with E-state index in [0.717, 1.165) is 10.5 Å². The molecular weight excluding hydrogens is 443 g/mol. The molecule has 7 nitrogen and oxygen atoms in total. The van der Waals surface area contributed by atoms with Gasteiger partial charge in [-0.05, 0) is 35.9 Å². The quantitative estimate of drug-likeness (QED) is 0.402. The van der Waals surface area contributed by atoms with Gasteiger partial charge in [0.25, 0.3) is 10.0 Å². The van der Waals surface area contributed by atoms with Gasteiger partial charge < -0.3 is 4.74 Å². The normalized spacial score (nSPS) is 11.5. The summed E-state index contributed by atoms with van der Waals surface area (Å²) >= 11 is 6.02. The van der Waals surface area contributed by atoms with Crippen LogP contribution in [0.15, 0.2) is 72.1 Å². The van der Waals surface area contributed by atoms with Gasteiger partial charge in [-0.15, -0.1) is 0 Å². The summed E-state index contributed by atoms with van der Waals surface area (Å²) in [5.74, 6) is 0.162. The fourth-order valence-corrected chi connectivity index (χ4v) is 4.71. The molecule has 0 unspecified atom stereocenters. The second-order valence-electron chi connectivity index (χ2n) is 6.53. The van der Waals surface area contributed by atoms with Gasteiger partial charge in [-0.2, -0.15) is 0 Å². The van der Waals surface area contributed by atoms with Crippen molar-refractivity contribution in [2.75, 3.05) is 11.4 Å². The number of methoxy groups -OCH3 is 1. The van der Waals surface area contributed by atoms with Crippen molar-refractivity contribution in [2.45, 2.75) is 11.4 Å². The molecule has 0 radical (unpaired) electrons. The molecule has 0 atom stereocenters. The summed E-state index contributed by atoms with van der Waals surface area (Å²) in [7, 11) is -2.56. The minimum absolute atomic E-state index is 0.000954. The average molecular weight is 459 g/mol. The van der Waals surface area contributed by atoms with Crippen LogP contribution < -0.4 is 9.04 Å². The Balaban J connectivity index is 1.81. The summed E-state index contributed by atoms with van der Waals surface area (Å²) in [5, 5.41) is 0.476. The summed E-state index contributed by atoms with van der Waals surface area (Å²) in [6.07, 6.45) is 3.67. The first kappa shape index (κ1) is 21.0. The van der Waals surface area contributed by atoms with E-state index in [2.05, 4.69) is 15.0 Å². The minimum Gasteiger partial charge on any atom is -0.497 e. The van der Waals surface area contributed by atoms with Gasteiger partial charge in [-0.25, -0.2) is 32.1 Å². The number of anilines is 1. The Bertz CT molecular complexity index is 1340. The summed E-state index contributed by atoms with van der Waals surface area (Å²) in [5.41, 5.74) is 0.710. The number of pyridine rings is 1. The van der Waals surface area contributed by atoms with E-state index in [1.54, 1.807) is 31.4 Å². The molecule has 10 heteroatoms. The number of sulfonamides is 1. The zero-order chi connectivity index (χ0) is 22.0. The Morgan fingerprint density at radius 2 is 1.84 bits per heavy atom. The predicted octanol–water partition coefficient (Wildman–Crippen LogP) is 4.22. The van der Waals surface area contributed by atoms with Gasteiger partial charge in [0.05, 0.1) is 24.7 Å². The van der Waals surface area contributed by atoms with E-state index in [1.165, 1.54) is 36.8 Å². The van der Waals surface area contributed by atoms with Crippen molar-refractivity contribution < 1.29 is 17.5 Å². The molecule has 2 heterocycles. The van der Waals surface area contributed by atoms with Gasteiger partial charge in [0, 0.05) is 23.0 Å². The molecule has 0 saturated heterocycles. The number of benzene rings is 2. The Hall–Kier alpha value is -3.30. The molecule has 0 spiro atoms. The van der Waals surface area contributed by atoms with Crippen LogP contribution in [0.3, 0.4) is 0 Å². The van der Waals surface area contributed by atoms with Crippen LogP contribution in [0, 0.1) is 5.82 Å². The monoisotopic (exact) mass is 458 g/mol. The molecule has 0 amide bonds. The number of aromatic nitrogens is 3. The van der Waals surface area contributed by atoms with Gasteiger partial charge in [-0.1, -0.05) is 23.7 Å². The van der Waals surface area contributed by atoms with Crippen molar-refractivity contribution in [2.24, 2.45) is 0 Å². The van der Waals surface area contributed by atoms with E-state index in [9.17, 15) is 12.8 Å². The highest BCUT2D eigenvalue weighted by molar-refractivity contribution is 7.92. The van der Waals surface area contributed by atoms with Crippen LogP contribution >= 0.6 is 11.6 Å². The van der Waals surface area contributed by atoms with Crippen LogP contribution in [0.4, 0.5) is 10.2 Å². The maximum Gasteiger partial charge on any atom is 0.265 e. The Labute approximate surface area is 183 Å². The van der Waals surface area contributed by atoms with Crippen molar-refractivity contribution in [3.05, 3.63) is 83.8 Å². The van der Waals surface area contributed by atoms with E-state index in [1.807, 2.05) is 0 Å². The van der Waals surface area contributed by atoms with Crippen LogP contribution in [0.25, 0.3) is 10.8 Å². The number of hydrogen-bond acceptors (Lipinski definition) is 6. The maximum absolute atomic E-state index is 14.3. The van der Waals surface area contributed by atoms with Crippen LogP contribution in [-0.2, 0) is 16.6 Å². The molecule has 0 aliphatic rings. The van der Waals surface area contributed by atoms with E-state index in [4.69, 9.17) is 16.3 Å². The summed E-state index contributed by atoms with van der Waals surface area (Å²) in [4.78, 5) is 11.6. The van der Waals surface area contributed by atoms with Gasteiger partial charge in [0.15, 0.2) is 0 Å². The van der Waals surface area contributed by atoms with Gasteiger partial charge in [0.1, 0.15) is 28.9 Å². The fraction of sp³-hybridized carbons (Fsp3) is 0.0952. The van der Waals surface area contributed by atoms with E-state index < -0.39 is 15.8 Å². The second-order valence-corrected chi connectivity index (χ2v) is 8.75. The molecular formula is C21H16ClFN4O3S. The number of nitrogens with zero attached hydrogens (tertiary/aromatic N) is 4. The predicted molar refractivity (Wildman–Crippen MR) is 115 cm³/mol. The highest BCUT2D eigenvalue weighted by atomic mass is 35.5. The molecule has 0 aliphatic carbocycles. The third-order valence-corrected chi connectivity index (χ3v) is 6.70. The lowest BCUT2D eigenvalue weighted by Gasteiger charge is -2.23. The Morgan fingerprint density at radius 3 is 2.52 bits per heavy atom. The van der Waals surface area contributed by atoms with Gasteiger partial charge in [-0.3, -0.25) is 0 Å². The number of ether oxygens (including phenoxy) is 1. The summed E-state index contributed by atoms with van der Waals surface area (Å²) in [6, 6.07) is 12.5. The third kappa shape index (κ3) is 4.14. The fourth-order valence-electron chi connectivity index (χ4n) is 3.06. The lowest BCUT2D eigenvalue weighted by Crippen LogP contribution is -2.31. The maximum atomic E-state index is 14.3. The van der Waals surface area contributed by atoms with Crippen LogP contribution in [0.5, 0.6) is 5.75 Å². The van der Waals surface area contributed by atoms with E-state index >= 15 is 0 Å². The zero-order valence-electron chi connectivity index (χ0n) is 16.2. The number of halogens is 2. The van der Waals surface area contributed by atoms with Gasteiger partial charge in [0.2, 0.25) is 0 Å². The standard InChI is InChI=1S/C21H16ClFN4O3S/c1-30-15-4-2-14(3-5-15)12-27(20-8-9-24-13-26-20)31(28,29)16-6-7-17-18(10-16)19(23)11-25-21(17)22/h2-11,13H,12H2,1H3. The third-order valence-electron chi connectivity index (χ3n) is 4.66. The lowest BCUT2D eigenvalue weighted by atomic mass is 10.2. The first-order valence-electron chi connectivity index (χ1n) is 9.05. The van der Waals surface area contributed by atoms with Crippen molar-refractivity contribution in [1.82, 2.24) is 15.0 Å². The molecule has 0 N–H and O–H groups in total. The zero-order valence-corrected chi connectivity index (χ0v) is 17.8. The minimum atomic E-state index is -4.11. The first-order chi connectivity index (χ1) is 14.9. The largest absolute Gasteiger partial charge is 0.497 e. The van der Waals surface area contributed by atoms with Crippen LogP contribution in [-0.4, -0.2) is 30.5 Å². The molecule has 31 heavy (non-hydrogen) atoms. The van der Waals surface area contributed by atoms with Gasteiger partial charge >= 0.3 is 0 Å². The number of hydrogen-bond donors (Lipinski definition) is 0. The van der Waals surface area contributed by atoms with Crippen LogP contribution in [0.1, 0.15) is 5.56 Å². The van der Waals surface area contributed by atoms with Crippen molar-refractivity contribution in [1.29, 1.82) is 0 Å². The highest BCUT2D eigenvalue weighted by Crippen LogP contribution is 2.30. The van der Waals surface area contributed by atoms with Crippen molar-refractivity contribution >= 4 is 38.2 Å². The molecule has 158 valence electrons. The Morgan fingerprint density at radius 1 is 1.06 bits per heavy atom. The van der Waals surface area contributed by atoms with Crippen molar-refractivity contribution in [3.63, 3.8) is 0 Å². The molecule has 0 fully saturated rings. The summed E-state index contributed by atoms with van der Waals surface area (Å²) < 4.78 is 47.7. The lowest BCUT2D eigenvalue weighted by molar-refractivity contribution is 0.414. The highest BCUT2D eigenvalue weighted by Gasteiger charge is 2.27. The first-order valence-corrected chi connectivity index (χ1v) is 10.9. The van der Waals surface area contributed by atoms with Crippen LogP contribution in [0.2, 0.25) is 5.15 Å². The topological polar surface area (TPSA) is 85.3 Å². The number of fused-ring (bicyclic) bond motifs is 1. The SMILES string of the molecule is COc1ccc(CN(c2ccncn2)S(=O)(=O)c2ccc3c(Cl)ncc(F)c3c2)cc1. The smallest absolute Gasteiger partial charge is 0.265 e. The summed E-state index contributed by atoms with van der Waals surface area (Å²) in [6.45, 7) is 0.000954. The average Bonchev–Trinajstić information content (AvgIpc) is 2.80.